The van der Waals surface area contributed by atoms with E-state index in [1.807, 2.05) is 18.3 Å². The van der Waals surface area contributed by atoms with Gasteiger partial charge < -0.3 is 4.42 Å². The fourth-order valence-electron chi connectivity index (χ4n) is 8.85. The molecule has 0 aliphatic heterocycles. The molecule has 7 aromatic carbocycles. The van der Waals surface area contributed by atoms with E-state index in [2.05, 4.69) is 183 Å². The molecule has 3 nitrogen and oxygen atoms in total. The summed E-state index contributed by atoms with van der Waals surface area (Å²) in [4.78, 5) is 10.2. The van der Waals surface area contributed by atoms with Gasteiger partial charge in [-0.3, -0.25) is 4.98 Å². The van der Waals surface area contributed by atoms with E-state index in [0.29, 0.717) is 0 Å². The summed E-state index contributed by atoms with van der Waals surface area (Å²) in [5.74, 6) is 0.227. The van der Waals surface area contributed by atoms with Gasteiger partial charge in [-0.2, -0.15) is 0 Å². The Labute approximate surface area is 331 Å². The summed E-state index contributed by atoms with van der Waals surface area (Å²) in [5, 5.41) is 2.07. The minimum atomic E-state index is 0.227. The monoisotopic (exact) mass is 728 g/mol. The van der Waals surface area contributed by atoms with E-state index in [1.54, 1.807) is 0 Å². The molecule has 268 valence electrons. The summed E-state index contributed by atoms with van der Waals surface area (Å²) in [6.45, 7) is 2.17. The van der Waals surface area contributed by atoms with Gasteiger partial charge in [0, 0.05) is 34.2 Å². The first kappa shape index (κ1) is 33.0. The van der Waals surface area contributed by atoms with Crippen LogP contribution in [0.2, 0.25) is 0 Å². The van der Waals surface area contributed by atoms with Crippen molar-refractivity contribution in [1.29, 1.82) is 0 Å². The van der Waals surface area contributed by atoms with Gasteiger partial charge in [0.15, 0.2) is 0 Å². The van der Waals surface area contributed by atoms with Gasteiger partial charge in [0.2, 0.25) is 0 Å². The van der Waals surface area contributed by atoms with E-state index in [9.17, 15) is 0 Å². The van der Waals surface area contributed by atoms with Crippen LogP contribution in [0.4, 0.5) is 0 Å². The largest absolute Gasteiger partial charge is 0.456 e. The van der Waals surface area contributed by atoms with E-state index in [0.717, 1.165) is 66.8 Å². The van der Waals surface area contributed by atoms with E-state index in [1.165, 1.54) is 44.5 Å². The zero-order valence-electron chi connectivity index (χ0n) is 31.4. The van der Waals surface area contributed by atoms with Crippen molar-refractivity contribution in [3.63, 3.8) is 0 Å². The van der Waals surface area contributed by atoms with Crippen LogP contribution >= 0.6 is 0 Å². The van der Waals surface area contributed by atoms with Crippen molar-refractivity contribution in [2.75, 3.05) is 0 Å². The van der Waals surface area contributed by atoms with Gasteiger partial charge in [-0.25, -0.2) is 4.98 Å². The molecule has 0 bridgehead atoms. The first-order valence-corrected chi connectivity index (χ1v) is 19.5. The standard InChI is InChI=1S/C54H36N2O/c1-34-46(36-12-4-2-5-13-36)33-48(37-14-6-3-7-15-37)56-53(34)39-24-26-40(27-25-39)54-52-47-32-41(28-29-49(47)57-50(52)30-31-55-54)35-20-22-38(23-21-35)51-44-18-10-8-16-42(44)43-17-9-11-19-45(43)51/h2-33,51H,1H3. The summed E-state index contributed by atoms with van der Waals surface area (Å²) in [5.41, 5.74) is 20.2. The van der Waals surface area contributed by atoms with Crippen LogP contribution in [0.5, 0.6) is 0 Å². The second-order valence-electron chi connectivity index (χ2n) is 14.9. The van der Waals surface area contributed by atoms with Crippen LogP contribution in [0.3, 0.4) is 0 Å². The Morgan fingerprint density at radius 3 is 1.70 bits per heavy atom. The van der Waals surface area contributed by atoms with E-state index in [-0.39, 0.29) is 5.92 Å². The number of fused-ring (bicyclic) bond motifs is 6. The van der Waals surface area contributed by atoms with Gasteiger partial charge in [-0.05, 0) is 86.8 Å². The molecule has 3 heterocycles. The van der Waals surface area contributed by atoms with E-state index < -0.39 is 0 Å². The molecule has 1 aliphatic rings. The quantitative estimate of drug-likeness (QED) is 0.171. The molecule has 57 heavy (non-hydrogen) atoms. The smallest absolute Gasteiger partial charge is 0.139 e. The Morgan fingerprint density at radius 2 is 1.02 bits per heavy atom. The molecule has 0 radical (unpaired) electrons. The fourth-order valence-corrected chi connectivity index (χ4v) is 8.85. The molecular formula is C54H36N2O. The van der Waals surface area contributed by atoms with Crippen molar-refractivity contribution in [3.8, 4) is 67.2 Å². The van der Waals surface area contributed by atoms with E-state index >= 15 is 0 Å². The summed E-state index contributed by atoms with van der Waals surface area (Å²) in [7, 11) is 0. The molecule has 1 aliphatic carbocycles. The zero-order valence-corrected chi connectivity index (χ0v) is 31.4. The lowest BCUT2D eigenvalue weighted by Gasteiger charge is -2.15. The summed E-state index contributed by atoms with van der Waals surface area (Å²) in [6, 6.07) is 67.0. The number of furan rings is 1. The van der Waals surface area contributed by atoms with Gasteiger partial charge in [0.25, 0.3) is 0 Å². The number of pyridine rings is 2. The number of benzene rings is 7. The van der Waals surface area contributed by atoms with Crippen molar-refractivity contribution < 1.29 is 4.42 Å². The Bertz CT molecular complexity index is 3060. The minimum Gasteiger partial charge on any atom is -0.456 e. The summed E-state index contributed by atoms with van der Waals surface area (Å²) >= 11 is 0. The van der Waals surface area contributed by atoms with Crippen LogP contribution in [0, 0.1) is 6.92 Å². The molecule has 0 atom stereocenters. The summed E-state index contributed by atoms with van der Waals surface area (Å²) < 4.78 is 6.43. The third-order valence-corrected chi connectivity index (χ3v) is 11.7. The Hall–Kier alpha value is -7.36. The van der Waals surface area contributed by atoms with Crippen LogP contribution in [-0.4, -0.2) is 9.97 Å². The normalized spacial score (nSPS) is 12.2. The molecule has 11 rings (SSSR count). The molecule has 0 saturated heterocycles. The molecule has 0 fully saturated rings. The highest BCUT2D eigenvalue weighted by molar-refractivity contribution is 6.12. The summed E-state index contributed by atoms with van der Waals surface area (Å²) in [6.07, 6.45) is 1.84. The van der Waals surface area contributed by atoms with Crippen molar-refractivity contribution in [1.82, 2.24) is 9.97 Å². The van der Waals surface area contributed by atoms with Crippen LogP contribution in [0.15, 0.2) is 199 Å². The molecule has 0 saturated carbocycles. The van der Waals surface area contributed by atoms with Crippen LogP contribution in [-0.2, 0) is 0 Å². The molecule has 10 aromatic rings. The second kappa shape index (κ2) is 13.4. The minimum absolute atomic E-state index is 0.227. The highest BCUT2D eigenvalue weighted by Crippen LogP contribution is 2.48. The number of hydrogen-bond donors (Lipinski definition) is 0. The maximum Gasteiger partial charge on any atom is 0.139 e. The number of nitrogens with zero attached hydrogens (tertiary/aromatic N) is 2. The van der Waals surface area contributed by atoms with Gasteiger partial charge in [0.05, 0.1) is 22.5 Å². The molecule has 0 spiro atoms. The van der Waals surface area contributed by atoms with Crippen molar-refractivity contribution in [2.45, 2.75) is 12.8 Å². The van der Waals surface area contributed by atoms with Crippen molar-refractivity contribution in [2.24, 2.45) is 0 Å². The van der Waals surface area contributed by atoms with Crippen molar-refractivity contribution in [3.05, 3.63) is 217 Å². The molecular weight excluding hydrogens is 693 g/mol. The van der Waals surface area contributed by atoms with Crippen molar-refractivity contribution >= 4 is 21.9 Å². The lowest BCUT2D eigenvalue weighted by molar-refractivity contribution is 0.668. The predicted molar refractivity (Wildman–Crippen MR) is 234 cm³/mol. The first-order valence-electron chi connectivity index (χ1n) is 19.5. The van der Waals surface area contributed by atoms with Crippen LogP contribution in [0.25, 0.3) is 89.1 Å². The lowest BCUT2D eigenvalue weighted by atomic mass is 9.88. The first-order chi connectivity index (χ1) is 28.2. The Morgan fingerprint density at radius 1 is 0.439 bits per heavy atom. The lowest BCUT2D eigenvalue weighted by Crippen LogP contribution is -1.98. The van der Waals surface area contributed by atoms with Crippen LogP contribution in [0.1, 0.15) is 28.2 Å². The molecule has 3 heteroatoms. The third kappa shape index (κ3) is 5.58. The van der Waals surface area contributed by atoms with Crippen LogP contribution < -0.4 is 0 Å². The fraction of sp³-hybridized carbons (Fsp3) is 0.0370. The third-order valence-electron chi connectivity index (χ3n) is 11.7. The highest BCUT2D eigenvalue weighted by Gasteiger charge is 2.29. The van der Waals surface area contributed by atoms with Gasteiger partial charge in [-0.15, -0.1) is 0 Å². The maximum absolute atomic E-state index is 6.43. The molecule has 0 N–H and O–H groups in total. The van der Waals surface area contributed by atoms with Gasteiger partial charge in [0.1, 0.15) is 11.2 Å². The SMILES string of the molecule is Cc1c(-c2ccccc2)cc(-c2ccccc2)nc1-c1ccc(-c2nccc3oc4ccc(-c5ccc(C6c7ccccc7-c7ccccc76)cc5)cc4c23)cc1. The molecule has 0 unspecified atom stereocenters. The molecule has 0 amide bonds. The second-order valence-corrected chi connectivity index (χ2v) is 14.9. The average molecular weight is 729 g/mol. The van der Waals surface area contributed by atoms with Gasteiger partial charge >= 0.3 is 0 Å². The van der Waals surface area contributed by atoms with Gasteiger partial charge in [-0.1, -0.05) is 164 Å². The number of hydrogen-bond acceptors (Lipinski definition) is 3. The number of aromatic nitrogens is 2. The number of rotatable bonds is 6. The highest BCUT2D eigenvalue weighted by atomic mass is 16.3. The van der Waals surface area contributed by atoms with E-state index in [4.69, 9.17) is 14.4 Å². The average Bonchev–Trinajstić information content (AvgIpc) is 3.83. The topological polar surface area (TPSA) is 38.9 Å². The Balaban J connectivity index is 0.960. The Kier molecular flexibility index (Phi) is 7.78. The molecule has 3 aromatic heterocycles. The zero-order chi connectivity index (χ0) is 37.9. The predicted octanol–water partition coefficient (Wildman–Crippen LogP) is 14.2. The maximum atomic E-state index is 6.43.